The summed E-state index contributed by atoms with van der Waals surface area (Å²) < 4.78 is 6.22. The van der Waals surface area contributed by atoms with E-state index < -0.39 is 0 Å². The van der Waals surface area contributed by atoms with Crippen LogP contribution in [0.3, 0.4) is 0 Å². The fourth-order valence-electron chi connectivity index (χ4n) is 4.07. The van der Waals surface area contributed by atoms with Crippen molar-refractivity contribution in [1.82, 2.24) is 5.32 Å². The molecule has 4 rings (SSSR count). The van der Waals surface area contributed by atoms with Crippen molar-refractivity contribution < 1.29 is 4.74 Å². The van der Waals surface area contributed by atoms with Gasteiger partial charge in [-0.2, -0.15) is 0 Å². The van der Waals surface area contributed by atoms with Gasteiger partial charge in [-0.05, 0) is 24.0 Å². The summed E-state index contributed by atoms with van der Waals surface area (Å²) in [5.41, 5.74) is 2.52. The largest absolute Gasteiger partial charge is 0.370 e. The molecule has 0 amide bonds. The Morgan fingerprint density at radius 3 is 2.08 bits per heavy atom. The van der Waals surface area contributed by atoms with Crippen LogP contribution in [0.5, 0.6) is 0 Å². The highest BCUT2D eigenvalue weighted by Crippen LogP contribution is 2.36. The van der Waals surface area contributed by atoms with E-state index in [-0.39, 0.29) is 12.1 Å². The Labute approximate surface area is 156 Å². The number of rotatable bonds is 5. The maximum Gasteiger partial charge on any atom is 0.124 e. The molecule has 3 nitrogen and oxygen atoms in total. The monoisotopic (exact) mass is 348 g/mol. The Bertz CT molecular complexity index is 706. The van der Waals surface area contributed by atoms with E-state index in [0.29, 0.717) is 12.7 Å². The van der Waals surface area contributed by atoms with Crippen LogP contribution in [-0.4, -0.2) is 18.5 Å². The molecule has 0 spiro atoms. The number of nitrogens with one attached hydrogen (secondary N) is 1. The molecule has 2 aromatic carbocycles. The molecule has 0 aromatic heterocycles. The fourth-order valence-corrected chi connectivity index (χ4v) is 4.07. The van der Waals surface area contributed by atoms with Crippen LogP contribution < -0.4 is 5.32 Å². The van der Waals surface area contributed by atoms with Gasteiger partial charge in [-0.15, -0.1) is 0 Å². The second-order valence-corrected chi connectivity index (χ2v) is 7.39. The first-order chi connectivity index (χ1) is 12.9. The van der Waals surface area contributed by atoms with Crippen LogP contribution in [0.2, 0.25) is 0 Å². The number of hydrogen-bond donors (Lipinski definition) is 1. The number of nitrogens with zero attached hydrogens (tertiary/aromatic N) is 1. The van der Waals surface area contributed by atoms with Crippen LogP contribution in [0.25, 0.3) is 0 Å². The SMILES string of the molecule is c1ccc(C2N=C(COC3CCCCCC3)NC2c2ccccc2)cc1. The molecule has 2 unspecified atom stereocenters. The molecule has 0 radical (unpaired) electrons. The van der Waals surface area contributed by atoms with E-state index in [1.807, 2.05) is 0 Å². The first kappa shape index (κ1) is 17.3. The lowest BCUT2D eigenvalue weighted by Gasteiger charge is -2.20. The molecule has 0 bridgehead atoms. The predicted molar refractivity (Wildman–Crippen MR) is 106 cm³/mol. The molecule has 1 heterocycles. The molecule has 26 heavy (non-hydrogen) atoms. The lowest BCUT2D eigenvalue weighted by Crippen LogP contribution is -2.29. The summed E-state index contributed by atoms with van der Waals surface area (Å²) in [4.78, 5) is 5.00. The molecule has 3 heteroatoms. The molecule has 0 saturated heterocycles. The van der Waals surface area contributed by atoms with E-state index in [4.69, 9.17) is 9.73 Å². The number of aliphatic imine (C=N–C) groups is 1. The summed E-state index contributed by atoms with van der Waals surface area (Å²) in [6, 6.07) is 21.5. The quantitative estimate of drug-likeness (QED) is 0.753. The molecular formula is C23H28N2O. The Morgan fingerprint density at radius 2 is 1.42 bits per heavy atom. The van der Waals surface area contributed by atoms with Crippen molar-refractivity contribution in [1.29, 1.82) is 0 Å². The van der Waals surface area contributed by atoms with Crippen LogP contribution in [-0.2, 0) is 4.74 Å². The van der Waals surface area contributed by atoms with Gasteiger partial charge in [0.25, 0.3) is 0 Å². The highest BCUT2D eigenvalue weighted by Gasteiger charge is 2.31. The van der Waals surface area contributed by atoms with Crippen molar-refractivity contribution in [2.45, 2.75) is 56.7 Å². The molecule has 1 fully saturated rings. The highest BCUT2D eigenvalue weighted by atomic mass is 16.5. The average molecular weight is 348 g/mol. The zero-order valence-electron chi connectivity index (χ0n) is 15.3. The maximum absolute atomic E-state index is 6.22. The molecule has 2 aliphatic rings. The fraction of sp³-hybridized carbons (Fsp3) is 0.435. The van der Waals surface area contributed by atoms with Gasteiger partial charge >= 0.3 is 0 Å². The average Bonchev–Trinajstić information content (AvgIpc) is 2.96. The summed E-state index contributed by atoms with van der Waals surface area (Å²) in [6.07, 6.45) is 8.08. The summed E-state index contributed by atoms with van der Waals surface area (Å²) in [6.45, 7) is 0.595. The van der Waals surface area contributed by atoms with Gasteiger partial charge in [-0.25, -0.2) is 0 Å². The molecular weight excluding hydrogens is 320 g/mol. The van der Waals surface area contributed by atoms with Crippen LogP contribution in [0.4, 0.5) is 0 Å². The summed E-state index contributed by atoms with van der Waals surface area (Å²) in [5, 5.41) is 3.64. The number of benzene rings is 2. The van der Waals surface area contributed by atoms with Crippen molar-refractivity contribution >= 4 is 5.84 Å². The van der Waals surface area contributed by atoms with Crippen molar-refractivity contribution in [3.63, 3.8) is 0 Å². The van der Waals surface area contributed by atoms with Crippen LogP contribution in [0.1, 0.15) is 61.7 Å². The van der Waals surface area contributed by atoms with Gasteiger partial charge in [0.15, 0.2) is 0 Å². The van der Waals surface area contributed by atoms with Gasteiger partial charge in [0.2, 0.25) is 0 Å². The Morgan fingerprint density at radius 1 is 0.808 bits per heavy atom. The second kappa shape index (κ2) is 8.50. The smallest absolute Gasteiger partial charge is 0.124 e. The lowest BCUT2D eigenvalue weighted by atomic mass is 9.95. The van der Waals surface area contributed by atoms with Gasteiger partial charge in [-0.1, -0.05) is 86.3 Å². The minimum atomic E-state index is 0.103. The normalized spacial score (nSPS) is 23.9. The van der Waals surface area contributed by atoms with Gasteiger partial charge in [0.1, 0.15) is 18.5 Å². The van der Waals surface area contributed by atoms with E-state index in [1.54, 1.807) is 0 Å². The Hall–Kier alpha value is -2.13. The van der Waals surface area contributed by atoms with E-state index in [9.17, 15) is 0 Å². The Kier molecular flexibility index (Phi) is 5.65. The number of ether oxygens (including phenoxy) is 1. The van der Waals surface area contributed by atoms with Gasteiger partial charge < -0.3 is 10.1 Å². The summed E-state index contributed by atoms with van der Waals surface area (Å²) in [7, 11) is 0. The van der Waals surface area contributed by atoms with Gasteiger partial charge in [0, 0.05) is 0 Å². The van der Waals surface area contributed by atoms with Crippen LogP contribution in [0.15, 0.2) is 65.7 Å². The third-order valence-electron chi connectivity index (χ3n) is 5.49. The molecule has 2 aromatic rings. The van der Waals surface area contributed by atoms with E-state index in [1.165, 1.54) is 49.7 Å². The first-order valence-corrected chi connectivity index (χ1v) is 9.95. The maximum atomic E-state index is 6.22. The molecule has 1 saturated carbocycles. The number of hydrogen-bond acceptors (Lipinski definition) is 3. The van der Waals surface area contributed by atoms with Crippen LogP contribution >= 0.6 is 0 Å². The van der Waals surface area contributed by atoms with E-state index in [2.05, 4.69) is 66.0 Å². The first-order valence-electron chi connectivity index (χ1n) is 9.95. The zero-order chi connectivity index (χ0) is 17.6. The third kappa shape index (κ3) is 4.16. The molecule has 1 aliphatic heterocycles. The minimum Gasteiger partial charge on any atom is -0.370 e. The molecule has 2 atom stereocenters. The van der Waals surface area contributed by atoms with Crippen molar-refractivity contribution in [3.8, 4) is 0 Å². The lowest BCUT2D eigenvalue weighted by molar-refractivity contribution is 0.0690. The molecule has 1 aliphatic carbocycles. The van der Waals surface area contributed by atoms with Crippen molar-refractivity contribution in [2.24, 2.45) is 4.99 Å². The second-order valence-electron chi connectivity index (χ2n) is 7.39. The standard InChI is InChI=1S/C23H28N2O/c1-2-10-16-20(15-9-1)26-17-21-24-22(18-11-5-3-6-12-18)23(25-21)19-13-7-4-8-14-19/h3-8,11-14,20,22-23H,1-2,9-10,15-17H2,(H,24,25). The topological polar surface area (TPSA) is 33.6 Å². The van der Waals surface area contributed by atoms with Gasteiger partial charge in [0.05, 0.1) is 12.1 Å². The van der Waals surface area contributed by atoms with E-state index >= 15 is 0 Å². The minimum absolute atomic E-state index is 0.103. The Balaban J connectivity index is 1.48. The van der Waals surface area contributed by atoms with Crippen molar-refractivity contribution in [2.75, 3.05) is 6.61 Å². The summed E-state index contributed by atoms with van der Waals surface area (Å²) >= 11 is 0. The predicted octanol–water partition coefficient (Wildman–Crippen LogP) is 5.21. The molecule has 136 valence electrons. The van der Waals surface area contributed by atoms with Gasteiger partial charge in [-0.3, -0.25) is 4.99 Å². The third-order valence-corrected chi connectivity index (χ3v) is 5.49. The highest BCUT2D eigenvalue weighted by molar-refractivity contribution is 5.86. The zero-order valence-corrected chi connectivity index (χ0v) is 15.3. The van der Waals surface area contributed by atoms with E-state index in [0.717, 1.165) is 5.84 Å². The van der Waals surface area contributed by atoms with Crippen LogP contribution in [0, 0.1) is 0 Å². The summed E-state index contributed by atoms with van der Waals surface area (Å²) in [5.74, 6) is 0.983. The molecule has 1 N–H and O–H groups in total. The number of amidine groups is 1. The van der Waals surface area contributed by atoms with Crippen molar-refractivity contribution in [3.05, 3.63) is 71.8 Å².